The van der Waals surface area contributed by atoms with Crippen molar-refractivity contribution in [1.82, 2.24) is 10.2 Å². The lowest BCUT2D eigenvalue weighted by Crippen LogP contribution is -2.44. The first-order valence-corrected chi connectivity index (χ1v) is 12.5. The number of aryl methyl sites for hydroxylation is 1. The third-order valence-electron chi connectivity index (χ3n) is 5.67. The lowest BCUT2D eigenvalue weighted by Gasteiger charge is -2.34. The lowest BCUT2D eigenvalue weighted by atomic mass is 10.0. The molecule has 0 bridgehead atoms. The summed E-state index contributed by atoms with van der Waals surface area (Å²) < 4.78 is 28.5. The third kappa shape index (κ3) is 6.41. The summed E-state index contributed by atoms with van der Waals surface area (Å²) in [4.78, 5) is 13.8. The average molecular weight is 458 g/mol. The molecule has 0 spiro atoms. The lowest BCUT2D eigenvalue weighted by molar-refractivity contribution is -0.124. The van der Waals surface area contributed by atoms with Crippen LogP contribution in [-0.4, -0.2) is 38.7 Å². The van der Waals surface area contributed by atoms with Crippen molar-refractivity contribution in [2.75, 3.05) is 18.0 Å². The van der Waals surface area contributed by atoms with E-state index in [0.717, 1.165) is 36.1 Å². The monoisotopic (exact) mass is 457 g/mol. The molecule has 1 saturated heterocycles. The first kappa shape index (κ1) is 24.0. The molecule has 1 aliphatic rings. The average Bonchev–Trinajstić information content (AvgIpc) is 2.82. The summed E-state index contributed by atoms with van der Waals surface area (Å²) in [7, 11) is -3.56. The number of benzene rings is 2. The molecule has 3 N–H and O–H groups in total. The molecule has 2 aromatic rings. The predicted molar refractivity (Wildman–Crippen MR) is 126 cm³/mol. The number of para-hydroxylation sites is 1. The van der Waals surface area contributed by atoms with E-state index in [1.54, 1.807) is 23.7 Å². The Morgan fingerprint density at radius 1 is 1.12 bits per heavy atom. The van der Waals surface area contributed by atoms with Crippen molar-refractivity contribution in [2.24, 2.45) is 0 Å². The van der Waals surface area contributed by atoms with Crippen molar-refractivity contribution in [3.05, 3.63) is 65.7 Å². The largest absolute Gasteiger partial charge is 0.371 e. The van der Waals surface area contributed by atoms with Crippen LogP contribution in [0.1, 0.15) is 43.7 Å². The fraction of sp³-hybridized carbons (Fsp3) is 0.375. The van der Waals surface area contributed by atoms with Gasteiger partial charge in [-0.1, -0.05) is 43.7 Å². The maximum atomic E-state index is 12.8. The van der Waals surface area contributed by atoms with E-state index in [9.17, 15) is 13.2 Å². The Hall–Kier alpha value is -2.68. The number of hydroxylamine groups is 1. The molecule has 1 heterocycles. The summed E-state index contributed by atoms with van der Waals surface area (Å²) in [5, 5.41) is 8.67. The summed E-state index contributed by atoms with van der Waals surface area (Å²) in [6, 6.07) is 14.7. The molecule has 7 nitrogen and oxygen atoms in total. The minimum atomic E-state index is -3.56. The number of carbonyl (C=O) groups is 1. The van der Waals surface area contributed by atoms with Crippen LogP contribution in [0.3, 0.4) is 0 Å². The molecule has 8 heteroatoms. The number of sulfonamides is 1. The van der Waals surface area contributed by atoms with E-state index in [0.29, 0.717) is 30.8 Å². The number of piperidine rings is 1. The maximum absolute atomic E-state index is 12.8. The fourth-order valence-electron chi connectivity index (χ4n) is 3.86. The van der Waals surface area contributed by atoms with Crippen LogP contribution < -0.4 is 15.1 Å². The van der Waals surface area contributed by atoms with Crippen LogP contribution in [0.5, 0.6) is 0 Å². The van der Waals surface area contributed by atoms with E-state index in [1.165, 1.54) is 6.08 Å². The first-order chi connectivity index (χ1) is 15.4. The fourth-order valence-corrected chi connectivity index (χ4v) is 5.17. The number of amides is 1. The van der Waals surface area contributed by atoms with Crippen molar-refractivity contribution in [2.45, 2.75) is 50.0 Å². The molecule has 1 fully saturated rings. The van der Waals surface area contributed by atoms with Crippen molar-refractivity contribution in [3.63, 3.8) is 0 Å². The number of nitrogens with one attached hydrogen (secondary N) is 2. The number of hydrogen-bond donors (Lipinski definition) is 3. The van der Waals surface area contributed by atoms with Crippen LogP contribution >= 0.6 is 0 Å². The van der Waals surface area contributed by atoms with Crippen LogP contribution in [0.2, 0.25) is 0 Å². The molecule has 32 heavy (non-hydrogen) atoms. The van der Waals surface area contributed by atoms with Crippen LogP contribution in [0, 0.1) is 0 Å². The molecular formula is C24H31N3O4S. The third-order valence-corrected chi connectivity index (χ3v) is 7.21. The Balaban J connectivity index is 1.60. The first-order valence-electron chi connectivity index (χ1n) is 11.0. The highest BCUT2D eigenvalue weighted by Crippen LogP contribution is 2.26. The van der Waals surface area contributed by atoms with Gasteiger partial charge in [-0.25, -0.2) is 18.6 Å². The molecule has 3 rings (SSSR count). The van der Waals surface area contributed by atoms with Crippen molar-refractivity contribution < 1.29 is 18.4 Å². The van der Waals surface area contributed by atoms with Gasteiger partial charge in [0, 0.05) is 30.9 Å². The number of unbranched alkanes of at least 4 members (excludes halogenated alkanes) is 1. The number of anilines is 1. The Bertz CT molecular complexity index is 1030. The standard InChI is InChI=1S/C24H31N3O4S/c1-2-3-6-19-9-12-22(13-10-19)32(30,31)26-21-15-17-27(18-16-21)23-8-5-4-7-20(23)11-14-24(28)25-29/h4-5,7-14,21,26,29H,2-3,6,15-18H2,1H3,(H,25,28)/b14-11+. The van der Waals surface area contributed by atoms with Crippen molar-refractivity contribution in [1.29, 1.82) is 0 Å². The molecule has 172 valence electrons. The molecule has 1 amide bonds. The predicted octanol–water partition coefficient (Wildman–Crippen LogP) is 3.50. The second-order valence-corrected chi connectivity index (χ2v) is 9.71. The van der Waals surface area contributed by atoms with Crippen LogP contribution in [0.25, 0.3) is 6.08 Å². The molecule has 0 radical (unpaired) electrons. The van der Waals surface area contributed by atoms with Crippen LogP contribution in [0.15, 0.2) is 59.5 Å². The van der Waals surface area contributed by atoms with Gasteiger partial charge in [-0.3, -0.25) is 10.0 Å². The van der Waals surface area contributed by atoms with E-state index in [2.05, 4.69) is 16.5 Å². The zero-order valence-corrected chi connectivity index (χ0v) is 19.1. The second-order valence-electron chi connectivity index (χ2n) is 8.00. The highest BCUT2D eigenvalue weighted by Gasteiger charge is 2.25. The summed E-state index contributed by atoms with van der Waals surface area (Å²) in [6.07, 6.45) is 7.46. The van der Waals surface area contributed by atoms with Gasteiger partial charge in [-0.15, -0.1) is 0 Å². The van der Waals surface area contributed by atoms with Gasteiger partial charge in [0.05, 0.1) is 4.90 Å². The SMILES string of the molecule is CCCCc1ccc(S(=O)(=O)NC2CCN(c3ccccc3/C=C/C(=O)NO)CC2)cc1. The molecule has 1 aliphatic heterocycles. The van der Waals surface area contributed by atoms with E-state index in [1.807, 2.05) is 36.4 Å². The molecular weight excluding hydrogens is 426 g/mol. The minimum Gasteiger partial charge on any atom is -0.371 e. The normalized spacial score (nSPS) is 15.2. The highest BCUT2D eigenvalue weighted by molar-refractivity contribution is 7.89. The van der Waals surface area contributed by atoms with Crippen molar-refractivity contribution in [3.8, 4) is 0 Å². The zero-order chi connectivity index (χ0) is 23.0. The van der Waals surface area contributed by atoms with E-state index in [4.69, 9.17) is 5.21 Å². The van der Waals surface area contributed by atoms with Gasteiger partial charge in [0.2, 0.25) is 10.0 Å². The summed E-state index contributed by atoms with van der Waals surface area (Å²) in [6.45, 7) is 3.53. The molecule has 0 saturated carbocycles. The van der Waals surface area contributed by atoms with E-state index in [-0.39, 0.29) is 6.04 Å². The van der Waals surface area contributed by atoms with Gasteiger partial charge in [-0.05, 0) is 61.1 Å². The van der Waals surface area contributed by atoms with Crippen molar-refractivity contribution >= 4 is 27.7 Å². The Labute approximate surface area is 190 Å². The summed E-state index contributed by atoms with van der Waals surface area (Å²) in [5.41, 5.74) is 4.57. The minimum absolute atomic E-state index is 0.126. The maximum Gasteiger partial charge on any atom is 0.267 e. The summed E-state index contributed by atoms with van der Waals surface area (Å²) in [5.74, 6) is -0.591. The topological polar surface area (TPSA) is 98.7 Å². The molecule has 0 aromatic heterocycles. The number of hydrogen-bond acceptors (Lipinski definition) is 5. The van der Waals surface area contributed by atoms with Crippen LogP contribution in [-0.2, 0) is 21.2 Å². The van der Waals surface area contributed by atoms with Gasteiger partial charge in [0.15, 0.2) is 0 Å². The van der Waals surface area contributed by atoms with Gasteiger partial charge < -0.3 is 4.90 Å². The van der Waals surface area contributed by atoms with Gasteiger partial charge in [-0.2, -0.15) is 0 Å². The Morgan fingerprint density at radius 3 is 2.47 bits per heavy atom. The quantitative estimate of drug-likeness (QED) is 0.304. The number of carbonyl (C=O) groups excluding carboxylic acids is 1. The number of nitrogens with zero attached hydrogens (tertiary/aromatic N) is 1. The van der Waals surface area contributed by atoms with E-state index < -0.39 is 15.9 Å². The Kier molecular flexibility index (Phi) is 8.44. The second kappa shape index (κ2) is 11.3. The van der Waals surface area contributed by atoms with E-state index >= 15 is 0 Å². The molecule has 0 unspecified atom stereocenters. The highest BCUT2D eigenvalue weighted by atomic mass is 32.2. The van der Waals surface area contributed by atoms with Crippen LogP contribution in [0.4, 0.5) is 5.69 Å². The molecule has 2 aromatic carbocycles. The molecule has 0 aliphatic carbocycles. The Morgan fingerprint density at radius 2 is 1.81 bits per heavy atom. The van der Waals surface area contributed by atoms with Gasteiger partial charge >= 0.3 is 0 Å². The molecule has 0 atom stereocenters. The summed E-state index contributed by atoms with van der Waals surface area (Å²) >= 11 is 0. The van der Waals surface area contributed by atoms with Gasteiger partial charge in [0.1, 0.15) is 0 Å². The smallest absolute Gasteiger partial charge is 0.267 e. The zero-order valence-electron chi connectivity index (χ0n) is 18.3. The number of rotatable bonds is 9. The van der Waals surface area contributed by atoms with Gasteiger partial charge in [0.25, 0.3) is 5.91 Å².